The Morgan fingerprint density at radius 2 is 1.87 bits per heavy atom. The topological polar surface area (TPSA) is 66.4 Å². The van der Waals surface area contributed by atoms with Crippen LogP contribution in [-0.4, -0.2) is 29.3 Å². The van der Waals surface area contributed by atoms with Crippen LogP contribution in [0.2, 0.25) is 0 Å². The number of benzene rings is 1. The van der Waals surface area contributed by atoms with Crippen LogP contribution in [-0.2, 0) is 9.59 Å². The van der Waals surface area contributed by atoms with E-state index in [1.165, 1.54) is 22.3 Å². The molecule has 5 rings (SSSR count). The first-order valence-corrected chi connectivity index (χ1v) is 11.8. The first-order valence-electron chi connectivity index (χ1n) is 11.8. The van der Waals surface area contributed by atoms with E-state index in [1.807, 2.05) is 13.1 Å². The second kappa shape index (κ2) is 7.16. The Hall–Kier alpha value is -2.20. The van der Waals surface area contributed by atoms with Crippen molar-refractivity contribution in [1.82, 2.24) is 0 Å². The first-order chi connectivity index (χ1) is 14.8. The highest BCUT2D eigenvalue weighted by Gasteiger charge is 2.64. The van der Waals surface area contributed by atoms with E-state index in [-0.39, 0.29) is 17.5 Å². The molecule has 0 bridgehead atoms. The van der Waals surface area contributed by atoms with Crippen molar-refractivity contribution in [3.8, 4) is 0 Å². The number of carbonyl (C=O) groups is 2. The summed E-state index contributed by atoms with van der Waals surface area (Å²) >= 11 is 0. The van der Waals surface area contributed by atoms with Crippen LogP contribution >= 0.6 is 0 Å². The fourth-order valence-corrected chi connectivity index (χ4v) is 7.42. The molecule has 0 aromatic heterocycles. The Morgan fingerprint density at radius 3 is 2.55 bits per heavy atom. The number of fused-ring (bicyclic) bond motifs is 4. The molecule has 2 saturated carbocycles. The van der Waals surface area contributed by atoms with Crippen molar-refractivity contribution in [2.45, 2.75) is 70.3 Å². The second-order valence-corrected chi connectivity index (χ2v) is 10.3. The standard InChI is InChI=1S/C27H33NO3/c1-16(29)27(31)13-12-24-22-10-6-18-14-20(30)9-11-21(18)25(22)23(15-26(24,27)2)17-4-7-19(28-3)8-5-17/h4-5,7-8,14,22-24,28,31H,6,9-13,15H2,1-3H3/t22?,23?,24?,26-,27-/m0/s1. The maximum absolute atomic E-state index is 12.7. The molecular formula is C27H33NO3. The SMILES string of the molecule is CNc1ccc(C2C[C@@]3(C)C(CC[C@]3(O)C(C)=O)C3CCC4=CC(=O)CCC4=C23)cc1. The van der Waals surface area contributed by atoms with E-state index < -0.39 is 11.0 Å². The summed E-state index contributed by atoms with van der Waals surface area (Å²) in [6.07, 6.45) is 7.51. The van der Waals surface area contributed by atoms with Gasteiger partial charge >= 0.3 is 0 Å². The Kier molecular flexibility index (Phi) is 4.78. The summed E-state index contributed by atoms with van der Waals surface area (Å²) in [7, 11) is 1.92. The lowest BCUT2D eigenvalue weighted by Crippen LogP contribution is -2.55. The summed E-state index contributed by atoms with van der Waals surface area (Å²) in [6, 6.07) is 8.61. The molecule has 31 heavy (non-hydrogen) atoms. The molecule has 0 spiro atoms. The highest BCUT2D eigenvalue weighted by atomic mass is 16.3. The molecule has 0 amide bonds. The van der Waals surface area contributed by atoms with Gasteiger partial charge in [-0.25, -0.2) is 0 Å². The van der Waals surface area contributed by atoms with E-state index in [4.69, 9.17) is 0 Å². The molecule has 3 unspecified atom stereocenters. The summed E-state index contributed by atoms with van der Waals surface area (Å²) in [5.41, 5.74) is 4.80. The minimum Gasteiger partial charge on any atom is -0.388 e. The maximum atomic E-state index is 12.7. The molecule has 5 atom stereocenters. The summed E-state index contributed by atoms with van der Waals surface area (Å²) < 4.78 is 0. The zero-order valence-electron chi connectivity index (χ0n) is 18.8. The van der Waals surface area contributed by atoms with Crippen molar-refractivity contribution < 1.29 is 14.7 Å². The summed E-state index contributed by atoms with van der Waals surface area (Å²) in [4.78, 5) is 24.8. The largest absolute Gasteiger partial charge is 0.388 e. The van der Waals surface area contributed by atoms with Crippen LogP contribution in [0.1, 0.15) is 70.3 Å². The van der Waals surface area contributed by atoms with E-state index in [1.54, 1.807) is 6.92 Å². The van der Waals surface area contributed by atoms with E-state index in [0.29, 0.717) is 24.7 Å². The smallest absolute Gasteiger partial charge is 0.161 e. The third kappa shape index (κ3) is 2.91. The molecule has 2 fully saturated rings. The monoisotopic (exact) mass is 419 g/mol. The molecule has 4 heteroatoms. The van der Waals surface area contributed by atoms with E-state index >= 15 is 0 Å². The minimum atomic E-state index is -1.24. The van der Waals surface area contributed by atoms with Crippen LogP contribution in [0.5, 0.6) is 0 Å². The average Bonchev–Trinajstić information content (AvgIpc) is 3.04. The molecule has 4 nitrogen and oxygen atoms in total. The van der Waals surface area contributed by atoms with Crippen LogP contribution in [0, 0.1) is 17.3 Å². The molecule has 0 heterocycles. The van der Waals surface area contributed by atoms with Crippen molar-refractivity contribution in [3.05, 3.63) is 52.6 Å². The molecule has 4 aliphatic rings. The Morgan fingerprint density at radius 1 is 1.13 bits per heavy atom. The molecule has 4 aliphatic carbocycles. The van der Waals surface area contributed by atoms with Gasteiger partial charge in [-0.2, -0.15) is 0 Å². The fourth-order valence-electron chi connectivity index (χ4n) is 7.42. The van der Waals surface area contributed by atoms with Gasteiger partial charge in [-0.1, -0.05) is 24.6 Å². The van der Waals surface area contributed by atoms with E-state index in [2.05, 4.69) is 36.5 Å². The number of hydrogen-bond acceptors (Lipinski definition) is 4. The lowest BCUT2D eigenvalue weighted by Gasteiger charge is -2.54. The molecular weight excluding hydrogens is 386 g/mol. The van der Waals surface area contributed by atoms with Gasteiger partial charge in [0.05, 0.1) is 0 Å². The van der Waals surface area contributed by atoms with Crippen LogP contribution in [0.3, 0.4) is 0 Å². The van der Waals surface area contributed by atoms with Gasteiger partial charge in [-0.15, -0.1) is 0 Å². The van der Waals surface area contributed by atoms with E-state index in [9.17, 15) is 14.7 Å². The number of ketones is 2. The number of anilines is 1. The Labute approximate surface area is 184 Å². The summed E-state index contributed by atoms with van der Waals surface area (Å²) in [5.74, 6) is 1.03. The van der Waals surface area contributed by atoms with Crippen molar-refractivity contribution >= 4 is 17.3 Å². The predicted molar refractivity (Wildman–Crippen MR) is 122 cm³/mol. The van der Waals surface area contributed by atoms with Gasteiger partial charge in [0.2, 0.25) is 0 Å². The second-order valence-electron chi connectivity index (χ2n) is 10.3. The average molecular weight is 420 g/mol. The normalized spacial score (nSPS) is 37.0. The number of allylic oxidation sites excluding steroid dienone is 4. The highest BCUT2D eigenvalue weighted by Crippen LogP contribution is 2.66. The first kappa shape index (κ1) is 20.7. The van der Waals surface area contributed by atoms with Crippen LogP contribution in [0.15, 0.2) is 47.1 Å². The van der Waals surface area contributed by atoms with Gasteiger partial charge < -0.3 is 10.4 Å². The zero-order valence-corrected chi connectivity index (χ0v) is 18.8. The number of hydrogen-bond donors (Lipinski definition) is 2. The van der Waals surface area contributed by atoms with Gasteiger partial charge in [0.1, 0.15) is 5.60 Å². The number of Topliss-reactive ketones (excluding diaryl/α,β-unsaturated/α-hetero) is 1. The van der Waals surface area contributed by atoms with Crippen molar-refractivity contribution in [3.63, 3.8) is 0 Å². The van der Waals surface area contributed by atoms with Crippen molar-refractivity contribution in [2.75, 3.05) is 12.4 Å². The molecule has 0 saturated heterocycles. The quantitative estimate of drug-likeness (QED) is 0.728. The number of aliphatic hydroxyl groups is 1. The number of rotatable bonds is 3. The third-order valence-electron chi connectivity index (χ3n) is 9.07. The molecule has 1 aromatic rings. The minimum absolute atomic E-state index is 0.0856. The maximum Gasteiger partial charge on any atom is 0.161 e. The fraction of sp³-hybridized carbons (Fsp3) is 0.556. The van der Waals surface area contributed by atoms with Crippen LogP contribution < -0.4 is 5.32 Å². The number of carbonyl (C=O) groups excluding carboxylic acids is 2. The van der Waals surface area contributed by atoms with E-state index in [0.717, 1.165) is 37.8 Å². The lowest BCUT2D eigenvalue weighted by molar-refractivity contribution is -0.152. The molecule has 2 N–H and O–H groups in total. The molecule has 0 radical (unpaired) electrons. The zero-order chi connectivity index (χ0) is 22.0. The van der Waals surface area contributed by atoms with Gasteiger partial charge in [0, 0.05) is 30.5 Å². The molecule has 164 valence electrons. The lowest BCUT2D eigenvalue weighted by atomic mass is 9.51. The Bertz CT molecular complexity index is 1000. The van der Waals surface area contributed by atoms with Gasteiger partial charge in [0.15, 0.2) is 11.6 Å². The van der Waals surface area contributed by atoms with Crippen molar-refractivity contribution in [1.29, 1.82) is 0 Å². The Balaban J connectivity index is 1.68. The third-order valence-corrected chi connectivity index (χ3v) is 9.07. The van der Waals surface area contributed by atoms with Crippen molar-refractivity contribution in [2.24, 2.45) is 17.3 Å². The van der Waals surface area contributed by atoms with Crippen LogP contribution in [0.4, 0.5) is 5.69 Å². The van der Waals surface area contributed by atoms with Gasteiger partial charge in [0.25, 0.3) is 0 Å². The molecule has 1 aromatic carbocycles. The van der Waals surface area contributed by atoms with Gasteiger partial charge in [-0.3, -0.25) is 9.59 Å². The number of nitrogens with one attached hydrogen (secondary N) is 1. The van der Waals surface area contributed by atoms with Crippen LogP contribution in [0.25, 0.3) is 0 Å². The summed E-state index contributed by atoms with van der Waals surface area (Å²) in [6.45, 7) is 3.73. The highest BCUT2D eigenvalue weighted by molar-refractivity contribution is 5.93. The van der Waals surface area contributed by atoms with Gasteiger partial charge in [-0.05, 0) is 92.2 Å². The predicted octanol–water partition coefficient (Wildman–Crippen LogP) is 4.95. The molecule has 0 aliphatic heterocycles. The summed E-state index contributed by atoms with van der Waals surface area (Å²) in [5, 5.41) is 14.8.